The Hall–Kier alpha value is -1.76. The SMILES string of the molecule is CCOC(=O)C1=C(c2ncc(Br)c(C)c2[N+](=O)[O-])CCC1. The lowest BCUT2D eigenvalue weighted by atomic mass is 10.0. The molecule has 0 saturated carbocycles. The number of hydrogen-bond donors (Lipinski definition) is 0. The number of rotatable bonds is 4. The molecular formula is C14H15BrN2O4. The van der Waals surface area contributed by atoms with Crippen molar-refractivity contribution < 1.29 is 14.5 Å². The van der Waals surface area contributed by atoms with Crippen molar-refractivity contribution in [2.45, 2.75) is 33.1 Å². The molecule has 0 aliphatic heterocycles. The summed E-state index contributed by atoms with van der Waals surface area (Å²) in [6.07, 6.45) is 3.48. The van der Waals surface area contributed by atoms with Gasteiger partial charge in [0.05, 0.1) is 11.5 Å². The first-order chi connectivity index (χ1) is 9.97. The number of pyridine rings is 1. The van der Waals surface area contributed by atoms with Crippen LogP contribution in [0.25, 0.3) is 5.57 Å². The van der Waals surface area contributed by atoms with Gasteiger partial charge in [0.15, 0.2) is 0 Å². The Labute approximate surface area is 130 Å². The van der Waals surface area contributed by atoms with Crippen LogP contribution in [0.4, 0.5) is 5.69 Å². The average molecular weight is 355 g/mol. The molecule has 6 nitrogen and oxygen atoms in total. The zero-order valence-corrected chi connectivity index (χ0v) is 13.4. The molecule has 1 aromatic rings. The van der Waals surface area contributed by atoms with Gasteiger partial charge in [-0.15, -0.1) is 0 Å². The Morgan fingerprint density at radius 3 is 2.86 bits per heavy atom. The molecule has 0 aromatic carbocycles. The van der Waals surface area contributed by atoms with Crippen molar-refractivity contribution >= 4 is 33.2 Å². The predicted molar refractivity (Wildman–Crippen MR) is 80.7 cm³/mol. The van der Waals surface area contributed by atoms with Crippen molar-refractivity contribution in [1.29, 1.82) is 0 Å². The molecule has 0 N–H and O–H groups in total. The number of nitro groups is 1. The van der Waals surface area contributed by atoms with Crippen LogP contribution in [0.15, 0.2) is 16.2 Å². The third-order valence-electron chi connectivity index (χ3n) is 3.45. The second-order valence-electron chi connectivity index (χ2n) is 4.72. The minimum absolute atomic E-state index is 0.0527. The van der Waals surface area contributed by atoms with Crippen LogP contribution < -0.4 is 0 Å². The highest BCUT2D eigenvalue weighted by Gasteiger charge is 2.30. The van der Waals surface area contributed by atoms with Gasteiger partial charge in [-0.05, 0) is 54.6 Å². The number of esters is 1. The van der Waals surface area contributed by atoms with E-state index in [2.05, 4.69) is 20.9 Å². The second-order valence-corrected chi connectivity index (χ2v) is 5.57. The highest BCUT2D eigenvalue weighted by Crippen LogP contribution is 2.40. The number of hydrogen-bond acceptors (Lipinski definition) is 5. The maximum absolute atomic E-state index is 12.0. The molecule has 2 rings (SSSR count). The van der Waals surface area contributed by atoms with E-state index < -0.39 is 10.9 Å². The van der Waals surface area contributed by atoms with Gasteiger partial charge in [-0.25, -0.2) is 9.78 Å². The monoisotopic (exact) mass is 354 g/mol. The van der Waals surface area contributed by atoms with Gasteiger partial charge in [0.25, 0.3) is 5.69 Å². The molecule has 1 heterocycles. The number of allylic oxidation sites excluding steroid dienone is 1. The Morgan fingerprint density at radius 1 is 1.52 bits per heavy atom. The maximum atomic E-state index is 12.0. The third kappa shape index (κ3) is 2.97. The summed E-state index contributed by atoms with van der Waals surface area (Å²) in [6, 6.07) is 0. The first-order valence-electron chi connectivity index (χ1n) is 6.66. The van der Waals surface area contributed by atoms with Crippen molar-refractivity contribution in [3.05, 3.63) is 37.6 Å². The Balaban J connectivity index is 2.60. The molecule has 0 bridgehead atoms. The molecule has 1 aliphatic rings. The Bertz CT molecular complexity index is 640. The quantitative estimate of drug-likeness (QED) is 0.469. The molecule has 0 saturated heterocycles. The minimum Gasteiger partial charge on any atom is -0.463 e. The Kier molecular flexibility index (Phi) is 4.72. The summed E-state index contributed by atoms with van der Waals surface area (Å²) in [5.41, 5.74) is 1.88. The van der Waals surface area contributed by atoms with Gasteiger partial charge >= 0.3 is 5.97 Å². The van der Waals surface area contributed by atoms with E-state index in [-0.39, 0.29) is 18.0 Å². The molecule has 112 valence electrons. The molecule has 0 unspecified atom stereocenters. The summed E-state index contributed by atoms with van der Waals surface area (Å²) >= 11 is 3.25. The van der Waals surface area contributed by atoms with E-state index in [1.54, 1.807) is 13.8 Å². The highest BCUT2D eigenvalue weighted by atomic mass is 79.9. The van der Waals surface area contributed by atoms with Crippen LogP contribution >= 0.6 is 15.9 Å². The van der Waals surface area contributed by atoms with Crippen molar-refractivity contribution in [2.24, 2.45) is 0 Å². The molecule has 0 spiro atoms. The molecule has 1 aliphatic carbocycles. The smallest absolute Gasteiger partial charge is 0.334 e. The fourth-order valence-electron chi connectivity index (χ4n) is 2.46. The lowest BCUT2D eigenvalue weighted by Gasteiger charge is -2.09. The number of aromatic nitrogens is 1. The Morgan fingerprint density at radius 2 is 2.24 bits per heavy atom. The fourth-order valence-corrected chi connectivity index (χ4v) is 2.75. The lowest BCUT2D eigenvalue weighted by Crippen LogP contribution is -2.09. The van der Waals surface area contributed by atoms with Gasteiger partial charge in [-0.1, -0.05) is 0 Å². The molecule has 0 fully saturated rings. The molecular weight excluding hydrogens is 340 g/mol. The molecule has 0 amide bonds. The van der Waals surface area contributed by atoms with Gasteiger partial charge in [-0.2, -0.15) is 0 Å². The van der Waals surface area contributed by atoms with Crippen molar-refractivity contribution in [1.82, 2.24) is 4.98 Å². The van der Waals surface area contributed by atoms with Gasteiger partial charge in [0, 0.05) is 21.8 Å². The standard InChI is InChI=1S/C14H15BrN2O4/c1-3-21-14(18)10-6-4-5-9(10)12-13(17(19)20)8(2)11(15)7-16-12/h7H,3-6H2,1-2H3. The molecule has 1 aromatic heterocycles. The molecule has 21 heavy (non-hydrogen) atoms. The highest BCUT2D eigenvalue weighted by molar-refractivity contribution is 9.10. The van der Waals surface area contributed by atoms with E-state index in [1.807, 2.05) is 0 Å². The third-order valence-corrected chi connectivity index (χ3v) is 4.25. The topological polar surface area (TPSA) is 82.3 Å². The number of halogens is 1. The zero-order chi connectivity index (χ0) is 15.6. The summed E-state index contributed by atoms with van der Waals surface area (Å²) < 4.78 is 5.61. The van der Waals surface area contributed by atoms with Crippen LogP contribution in [0, 0.1) is 17.0 Å². The molecule has 0 radical (unpaired) electrons. The number of nitrogens with zero attached hydrogens (tertiary/aromatic N) is 2. The first kappa shape index (κ1) is 15.6. The van der Waals surface area contributed by atoms with E-state index in [4.69, 9.17) is 4.74 Å². The van der Waals surface area contributed by atoms with E-state index in [9.17, 15) is 14.9 Å². The van der Waals surface area contributed by atoms with Crippen LogP contribution in [0.3, 0.4) is 0 Å². The lowest BCUT2D eigenvalue weighted by molar-refractivity contribution is -0.386. The van der Waals surface area contributed by atoms with Crippen molar-refractivity contribution in [3.8, 4) is 0 Å². The van der Waals surface area contributed by atoms with Gasteiger partial charge < -0.3 is 4.74 Å². The normalized spacial score (nSPS) is 14.4. The van der Waals surface area contributed by atoms with Gasteiger partial charge in [-0.3, -0.25) is 10.1 Å². The maximum Gasteiger partial charge on any atom is 0.334 e. The summed E-state index contributed by atoms with van der Waals surface area (Å²) in [6.45, 7) is 3.68. The van der Waals surface area contributed by atoms with E-state index in [1.165, 1.54) is 6.20 Å². The van der Waals surface area contributed by atoms with Crippen molar-refractivity contribution in [2.75, 3.05) is 6.61 Å². The number of carbonyl (C=O) groups is 1. The van der Waals surface area contributed by atoms with Crippen LogP contribution in [-0.4, -0.2) is 22.5 Å². The summed E-state index contributed by atoms with van der Waals surface area (Å²) in [5.74, 6) is -0.401. The summed E-state index contributed by atoms with van der Waals surface area (Å²) in [4.78, 5) is 27.1. The zero-order valence-electron chi connectivity index (χ0n) is 11.8. The van der Waals surface area contributed by atoms with Crippen LogP contribution in [0.2, 0.25) is 0 Å². The average Bonchev–Trinajstić information content (AvgIpc) is 2.90. The van der Waals surface area contributed by atoms with E-state index in [0.717, 1.165) is 6.42 Å². The fraction of sp³-hybridized carbons (Fsp3) is 0.429. The van der Waals surface area contributed by atoms with Crippen LogP contribution in [0.1, 0.15) is 37.4 Å². The second kappa shape index (κ2) is 6.34. The predicted octanol–water partition coefficient (Wildman–Crippen LogP) is 3.56. The largest absolute Gasteiger partial charge is 0.463 e. The van der Waals surface area contributed by atoms with E-state index in [0.29, 0.717) is 34.0 Å². The van der Waals surface area contributed by atoms with Crippen molar-refractivity contribution in [3.63, 3.8) is 0 Å². The number of ether oxygens (including phenoxy) is 1. The summed E-state index contributed by atoms with van der Waals surface area (Å²) in [5, 5.41) is 11.4. The number of carbonyl (C=O) groups excluding carboxylic acids is 1. The molecule has 7 heteroatoms. The van der Waals surface area contributed by atoms with Crippen LogP contribution in [0.5, 0.6) is 0 Å². The van der Waals surface area contributed by atoms with Gasteiger partial charge in [0.1, 0.15) is 5.69 Å². The first-order valence-corrected chi connectivity index (χ1v) is 7.45. The molecule has 0 atom stereocenters. The van der Waals surface area contributed by atoms with Gasteiger partial charge in [0.2, 0.25) is 0 Å². The summed E-state index contributed by atoms with van der Waals surface area (Å²) in [7, 11) is 0. The van der Waals surface area contributed by atoms with Crippen LogP contribution in [-0.2, 0) is 9.53 Å². The minimum atomic E-state index is -0.448. The van der Waals surface area contributed by atoms with E-state index >= 15 is 0 Å².